The Kier molecular flexibility index (Phi) is 8.15. The molecule has 1 aliphatic heterocycles. The number of allylic oxidation sites excluding steroid dienone is 2. The molecule has 200 valence electrons. The first-order chi connectivity index (χ1) is 18.5. The molecule has 0 fully saturated rings. The first-order valence-corrected chi connectivity index (χ1v) is 14.9. The summed E-state index contributed by atoms with van der Waals surface area (Å²) in [5.41, 5.74) is 3.00. The van der Waals surface area contributed by atoms with E-state index in [-0.39, 0.29) is 26.3 Å². The van der Waals surface area contributed by atoms with Crippen LogP contribution in [0.2, 0.25) is 0 Å². The molecule has 0 aromatic heterocycles. The van der Waals surface area contributed by atoms with Crippen molar-refractivity contribution in [1.29, 1.82) is 5.26 Å². The maximum absolute atomic E-state index is 12.8. The Bertz CT molecular complexity index is 1770. The number of thioether (sulfide) groups is 1. The SMILES string of the molecule is COc1cc(S(=O)(=O)ON=C2C=C/C(=C(\C#N)c3ccccc3C)S2)ccc1OS(=O)(=O)c1ccc(C)cc1. The van der Waals surface area contributed by atoms with Crippen LogP contribution in [0.25, 0.3) is 5.57 Å². The van der Waals surface area contributed by atoms with E-state index >= 15 is 0 Å². The van der Waals surface area contributed by atoms with Crippen LogP contribution < -0.4 is 8.92 Å². The average Bonchev–Trinajstić information content (AvgIpc) is 3.38. The van der Waals surface area contributed by atoms with Crippen molar-refractivity contribution in [1.82, 2.24) is 0 Å². The Morgan fingerprint density at radius 3 is 2.23 bits per heavy atom. The zero-order valence-corrected chi connectivity index (χ0v) is 23.4. The fourth-order valence-corrected chi connectivity index (χ4v) is 6.05. The first-order valence-electron chi connectivity index (χ1n) is 11.3. The second kappa shape index (κ2) is 11.4. The lowest BCUT2D eigenvalue weighted by atomic mass is 10.0. The van der Waals surface area contributed by atoms with Crippen molar-refractivity contribution < 1.29 is 30.0 Å². The maximum atomic E-state index is 12.8. The molecule has 9 nitrogen and oxygen atoms in total. The number of benzene rings is 3. The monoisotopic (exact) mass is 582 g/mol. The highest BCUT2D eigenvalue weighted by molar-refractivity contribution is 8.18. The lowest BCUT2D eigenvalue weighted by molar-refractivity contribution is 0.339. The largest absolute Gasteiger partial charge is 0.493 e. The number of hydrogen-bond donors (Lipinski definition) is 0. The van der Waals surface area contributed by atoms with Crippen LogP contribution in [0.3, 0.4) is 0 Å². The molecule has 3 aromatic rings. The molecule has 3 aromatic carbocycles. The first kappa shape index (κ1) is 28.0. The van der Waals surface area contributed by atoms with E-state index in [0.717, 1.165) is 46.7 Å². The van der Waals surface area contributed by atoms with E-state index in [9.17, 15) is 22.1 Å². The highest BCUT2D eigenvalue weighted by Crippen LogP contribution is 2.36. The van der Waals surface area contributed by atoms with E-state index in [1.807, 2.05) is 38.1 Å². The Labute approximate surface area is 231 Å². The van der Waals surface area contributed by atoms with Crippen molar-refractivity contribution in [2.75, 3.05) is 7.11 Å². The molecule has 0 N–H and O–H groups in total. The van der Waals surface area contributed by atoms with Crippen molar-refractivity contribution in [3.8, 4) is 17.6 Å². The topological polar surface area (TPSA) is 132 Å². The molecule has 4 rings (SSSR count). The van der Waals surface area contributed by atoms with Gasteiger partial charge in [-0.3, -0.25) is 4.28 Å². The van der Waals surface area contributed by atoms with E-state index in [0.29, 0.717) is 10.5 Å². The van der Waals surface area contributed by atoms with Gasteiger partial charge < -0.3 is 8.92 Å². The van der Waals surface area contributed by atoms with Crippen molar-refractivity contribution >= 4 is 42.6 Å². The van der Waals surface area contributed by atoms with Gasteiger partial charge in [0.15, 0.2) is 11.5 Å². The molecule has 0 atom stereocenters. The van der Waals surface area contributed by atoms with Gasteiger partial charge in [0.25, 0.3) is 0 Å². The minimum atomic E-state index is -4.40. The summed E-state index contributed by atoms with van der Waals surface area (Å²) in [6.07, 6.45) is 3.20. The summed E-state index contributed by atoms with van der Waals surface area (Å²) in [7, 11) is -7.35. The van der Waals surface area contributed by atoms with E-state index in [1.165, 1.54) is 19.2 Å². The molecular formula is C27H22N2O7S3. The summed E-state index contributed by atoms with van der Waals surface area (Å²) < 4.78 is 66.1. The smallest absolute Gasteiger partial charge is 0.358 e. The molecule has 0 unspecified atom stereocenters. The predicted octanol–water partition coefficient (Wildman–Crippen LogP) is 5.34. The summed E-state index contributed by atoms with van der Waals surface area (Å²) in [6, 6.07) is 19.0. The lowest BCUT2D eigenvalue weighted by Gasteiger charge is -2.12. The van der Waals surface area contributed by atoms with Gasteiger partial charge in [-0.05, 0) is 61.4 Å². The summed E-state index contributed by atoms with van der Waals surface area (Å²) in [6.45, 7) is 3.71. The molecule has 1 aliphatic rings. The standard InChI is InChI=1S/C27H22N2O7S3/c1-18-8-10-20(11-9-18)38(30,31)35-24-13-12-21(16-25(24)34-3)39(32,33)36-29-27-15-14-26(37-27)23(17-28)22-7-5-4-6-19(22)2/h4-16H,1-3H3/b26-23-,29-27?. The molecule has 39 heavy (non-hydrogen) atoms. The molecule has 0 saturated carbocycles. The average molecular weight is 583 g/mol. The molecule has 1 heterocycles. The molecule has 12 heteroatoms. The fraction of sp³-hybridized carbons (Fsp3) is 0.111. The van der Waals surface area contributed by atoms with Gasteiger partial charge in [0.05, 0.1) is 12.7 Å². The quantitative estimate of drug-likeness (QED) is 0.196. The van der Waals surface area contributed by atoms with Crippen LogP contribution in [-0.2, 0) is 24.5 Å². The maximum Gasteiger partial charge on any atom is 0.358 e. The number of nitrogens with zero attached hydrogens (tertiary/aromatic N) is 2. The Morgan fingerprint density at radius 2 is 1.56 bits per heavy atom. The van der Waals surface area contributed by atoms with Crippen LogP contribution in [0.4, 0.5) is 0 Å². The summed E-state index contributed by atoms with van der Waals surface area (Å²) in [5, 5.41) is 13.7. The van der Waals surface area contributed by atoms with Gasteiger partial charge in [0.2, 0.25) is 0 Å². The van der Waals surface area contributed by atoms with Crippen molar-refractivity contribution in [2.45, 2.75) is 23.6 Å². The molecular weight excluding hydrogens is 561 g/mol. The Hall–Kier alpha value is -4.05. The number of methoxy groups -OCH3 is 1. The number of aryl methyl sites for hydroxylation is 2. The second-order valence-electron chi connectivity index (χ2n) is 8.22. The van der Waals surface area contributed by atoms with Gasteiger partial charge in [0.1, 0.15) is 20.9 Å². The molecule has 0 spiro atoms. The summed E-state index contributed by atoms with van der Waals surface area (Å²) in [4.78, 5) is 0.206. The third kappa shape index (κ3) is 6.34. The summed E-state index contributed by atoms with van der Waals surface area (Å²) >= 11 is 1.09. The molecule has 0 aliphatic carbocycles. The second-order valence-corrected chi connectivity index (χ2v) is 12.4. The number of nitriles is 1. The van der Waals surface area contributed by atoms with Crippen LogP contribution in [0, 0.1) is 25.2 Å². The van der Waals surface area contributed by atoms with Crippen LogP contribution >= 0.6 is 11.8 Å². The highest BCUT2D eigenvalue weighted by atomic mass is 32.2. The van der Waals surface area contributed by atoms with Crippen LogP contribution in [0.15, 0.2) is 98.7 Å². The third-order valence-corrected chi connectivity index (χ3v) is 8.85. The van der Waals surface area contributed by atoms with E-state index in [2.05, 4.69) is 11.2 Å². The van der Waals surface area contributed by atoms with Crippen LogP contribution in [0.5, 0.6) is 11.5 Å². The van der Waals surface area contributed by atoms with E-state index in [1.54, 1.807) is 24.3 Å². The van der Waals surface area contributed by atoms with Gasteiger partial charge in [-0.2, -0.15) is 22.1 Å². The van der Waals surface area contributed by atoms with Gasteiger partial charge in [-0.15, -0.1) is 0 Å². The molecule has 0 amide bonds. The zero-order valence-electron chi connectivity index (χ0n) is 21.0. The van der Waals surface area contributed by atoms with Crippen molar-refractivity contribution in [3.05, 3.63) is 100 Å². The number of rotatable bonds is 8. The zero-order chi connectivity index (χ0) is 28.2. The van der Waals surface area contributed by atoms with Crippen molar-refractivity contribution in [3.63, 3.8) is 0 Å². The van der Waals surface area contributed by atoms with Crippen LogP contribution in [0.1, 0.15) is 16.7 Å². The number of oxime groups is 1. The minimum absolute atomic E-state index is 0.0662. The van der Waals surface area contributed by atoms with Gasteiger partial charge in [0, 0.05) is 11.0 Å². The summed E-state index contributed by atoms with van der Waals surface area (Å²) in [5.74, 6) is -0.340. The number of hydrogen-bond acceptors (Lipinski definition) is 10. The van der Waals surface area contributed by atoms with Gasteiger partial charge >= 0.3 is 20.2 Å². The van der Waals surface area contributed by atoms with E-state index < -0.39 is 20.2 Å². The third-order valence-electron chi connectivity index (χ3n) is 5.52. The molecule has 0 saturated heterocycles. The predicted molar refractivity (Wildman–Crippen MR) is 148 cm³/mol. The van der Waals surface area contributed by atoms with Gasteiger partial charge in [-0.1, -0.05) is 58.9 Å². The number of ether oxygens (including phenoxy) is 1. The van der Waals surface area contributed by atoms with Crippen molar-refractivity contribution in [2.24, 2.45) is 5.16 Å². The Morgan fingerprint density at radius 1 is 0.872 bits per heavy atom. The minimum Gasteiger partial charge on any atom is -0.493 e. The normalized spacial score (nSPS) is 15.6. The Balaban J connectivity index is 1.53. The van der Waals surface area contributed by atoms with E-state index in [4.69, 9.17) is 13.2 Å². The fourth-order valence-electron chi connectivity index (χ4n) is 3.48. The van der Waals surface area contributed by atoms with Gasteiger partial charge in [-0.25, -0.2) is 0 Å². The van der Waals surface area contributed by atoms with Crippen LogP contribution in [-0.4, -0.2) is 29.0 Å². The molecule has 0 bridgehead atoms. The highest BCUT2D eigenvalue weighted by Gasteiger charge is 2.24. The lowest BCUT2D eigenvalue weighted by Crippen LogP contribution is -2.11. The molecule has 0 radical (unpaired) electrons.